The summed E-state index contributed by atoms with van der Waals surface area (Å²) in [4.78, 5) is 34.9. The van der Waals surface area contributed by atoms with Gasteiger partial charge in [0.2, 0.25) is 11.8 Å². The van der Waals surface area contributed by atoms with E-state index < -0.39 is 48.0 Å². The zero-order valence-electron chi connectivity index (χ0n) is 14.6. The van der Waals surface area contributed by atoms with Crippen molar-refractivity contribution in [3.63, 3.8) is 0 Å². The first-order valence-corrected chi connectivity index (χ1v) is 7.88. The van der Waals surface area contributed by atoms with E-state index in [0.29, 0.717) is 0 Å². The molecule has 0 heterocycles. The lowest BCUT2D eigenvalue weighted by molar-refractivity contribution is -0.143. The molecule has 0 fully saturated rings. The first-order chi connectivity index (χ1) is 11.9. The molecule has 0 aliphatic carbocycles. The minimum Gasteiger partial charge on any atom is -0.480 e. The Labute approximate surface area is 148 Å². The molecule has 0 unspecified atom stereocenters. The van der Waals surface area contributed by atoms with E-state index in [1.165, 1.54) is 25.1 Å². The Morgan fingerprint density at radius 1 is 1.12 bits per heavy atom. The number of hydrogen-bond donors (Lipinski definition) is 3. The van der Waals surface area contributed by atoms with Crippen molar-refractivity contribution in [1.29, 1.82) is 0 Å². The second kappa shape index (κ2) is 8.68. The molecule has 26 heavy (non-hydrogen) atoms. The van der Waals surface area contributed by atoms with Crippen molar-refractivity contribution in [2.75, 3.05) is 0 Å². The van der Waals surface area contributed by atoms with Gasteiger partial charge in [-0.05, 0) is 17.5 Å². The number of hydrogen-bond acceptors (Lipinski definition) is 3. The van der Waals surface area contributed by atoms with Crippen molar-refractivity contribution >= 4 is 17.8 Å². The number of carboxylic acid groups (broad SMARTS) is 1. The Balaban J connectivity index is 3.03. The van der Waals surface area contributed by atoms with Crippen LogP contribution < -0.4 is 10.6 Å². The average Bonchev–Trinajstić information content (AvgIpc) is 2.50. The first-order valence-electron chi connectivity index (χ1n) is 7.88. The molecule has 0 radical (unpaired) electrons. The monoisotopic (exact) mass is 374 g/mol. The van der Waals surface area contributed by atoms with Gasteiger partial charge in [-0.2, -0.15) is 13.2 Å². The third-order valence-corrected chi connectivity index (χ3v) is 3.67. The lowest BCUT2D eigenvalue weighted by Crippen LogP contribution is -2.53. The Hall–Kier alpha value is -2.58. The second-order valence-corrected chi connectivity index (χ2v) is 6.18. The van der Waals surface area contributed by atoms with Gasteiger partial charge in [-0.1, -0.05) is 32.0 Å². The normalized spacial score (nSPS) is 13.8. The van der Waals surface area contributed by atoms with E-state index in [9.17, 15) is 32.7 Å². The minimum absolute atomic E-state index is 0.242. The quantitative estimate of drug-likeness (QED) is 0.680. The van der Waals surface area contributed by atoms with Gasteiger partial charge in [0.05, 0.1) is 5.56 Å². The molecule has 2 atom stereocenters. The maximum absolute atomic E-state index is 13.1. The molecule has 0 bridgehead atoms. The van der Waals surface area contributed by atoms with Crippen LogP contribution in [0.3, 0.4) is 0 Å². The van der Waals surface area contributed by atoms with Crippen LogP contribution in [0.1, 0.15) is 31.9 Å². The number of nitrogens with one attached hydrogen (secondary N) is 2. The van der Waals surface area contributed by atoms with Crippen LogP contribution in [-0.2, 0) is 27.0 Å². The summed E-state index contributed by atoms with van der Waals surface area (Å²) in [5.74, 6) is -3.06. The fraction of sp³-hybridized carbons (Fsp3) is 0.471. The van der Waals surface area contributed by atoms with Gasteiger partial charge >= 0.3 is 12.1 Å². The van der Waals surface area contributed by atoms with Gasteiger partial charge in [0.1, 0.15) is 12.1 Å². The maximum atomic E-state index is 13.1. The highest BCUT2D eigenvalue weighted by molar-refractivity contribution is 5.90. The summed E-state index contributed by atoms with van der Waals surface area (Å²) in [6.07, 6.45) is -5.18. The number of carbonyl (C=O) groups is 3. The molecule has 3 N–H and O–H groups in total. The van der Waals surface area contributed by atoms with Gasteiger partial charge in [0, 0.05) is 13.3 Å². The molecule has 0 aromatic heterocycles. The van der Waals surface area contributed by atoms with Crippen molar-refractivity contribution in [3.05, 3.63) is 35.4 Å². The molecule has 0 aliphatic heterocycles. The van der Waals surface area contributed by atoms with E-state index in [4.69, 9.17) is 0 Å². The summed E-state index contributed by atoms with van der Waals surface area (Å²) in [6.45, 7) is 4.50. The fourth-order valence-electron chi connectivity index (χ4n) is 2.41. The number of amides is 2. The Morgan fingerprint density at radius 3 is 2.15 bits per heavy atom. The summed E-state index contributed by atoms with van der Waals surface area (Å²) in [5.41, 5.74) is -1.20. The number of rotatable bonds is 7. The van der Waals surface area contributed by atoms with E-state index in [2.05, 4.69) is 10.6 Å². The van der Waals surface area contributed by atoms with Gasteiger partial charge in [0.25, 0.3) is 0 Å². The Kier molecular flexibility index (Phi) is 7.17. The molecular weight excluding hydrogens is 353 g/mol. The summed E-state index contributed by atoms with van der Waals surface area (Å²) >= 11 is 0. The van der Waals surface area contributed by atoms with Crippen molar-refractivity contribution in [2.24, 2.45) is 5.92 Å². The number of carboxylic acids is 1. The van der Waals surface area contributed by atoms with Crippen molar-refractivity contribution < 1.29 is 32.7 Å². The highest BCUT2D eigenvalue weighted by Gasteiger charge is 2.35. The van der Waals surface area contributed by atoms with Gasteiger partial charge in [-0.25, -0.2) is 4.79 Å². The van der Waals surface area contributed by atoms with Crippen LogP contribution in [0.15, 0.2) is 24.3 Å². The molecule has 0 saturated heterocycles. The number of aliphatic carboxylic acids is 1. The van der Waals surface area contributed by atoms with Gasteiger partial charge in [-0.3, -0.25) is 9.59 Å². The summed E-state index contributed by atoms with van der Waals surface area (Å²) in [6, 6.07) is 2.02. The van der Waals surface area contributed by atoms with Crippen molar-refractivity contribution in [1.82, 2.24) is 10.6 Å². The highest BCUT2D eigenvalue weighted by Crippen LogP contribution is 2.32. The zero-order chi connectivity index (χ0) is 20.1. The molecule has 1 aromatic carbocycles. The van der Waals surface area contributed by atoms with E-state index in [1.807, 2.05) is 0 Å². The Bertz CT molecular complexity index is 674. The van der Waals surface area contributed by atoms with Gasteiger partial charge in [0.15, 0.2) is 0 Å². The largest absolute Gasteiger partial charge is 0.480 e. The summed E-state index contributed by atoms with van der Waals surface area (Å²) in [7, 11) is 0. The van der Waals surface area contributed by atoms with Crippen molar-refractivity contribution in [3.8, 4) is 0 Å². The number of benzene rings is 1. The zero-order valence-corrected chi connectivity index (χ0v) is 14.6. The standard InChI is InChI=1S/C17H21F3N2O4/c1-9(2)14(21-10(3)23)15(24)22-13(16(25)26)8-11-6-4-5-7-12(11)17(18,19)20/h4-7,9,13-14H,8H2,1-3H3,(H,21,23)(H,22,24)(H,25,26)/t13-,14+/m0/s1. The number of halogens is 3. The second-order valence-electron chi connectivity index (χ2n) is 6.18. The topological polar surface area (TPSA) is 95.5 Å². The number of alkyl halides is 3. The van der Waals surface area contributed by atoms with E-state index >= 15 is 0 Å². The smallest absolute Gasteiger partial charge is 0.416 e. The minimum atomic E-state index is -4.64. The SMILES string of the molecule is CC(=O)N[C@@H](C(=O)N[C@@H](Cc1ccccc1C(F)(F)F)C(=O)O)C(C)C. The molecule has 1 rings (SSSR count). The van der Waals surface area contributed by atoms with Crippen LogP contribution in [0.5, 0.6) is 0 Å². The maximum Gasteiger partial charge on any atom is 0.416 e. The molecule has 9 heteroatoms. The molecule has 1 aromatic rings. The van der Waals surface area contributed by atoms with Crippen LogP contribution >= 0.6 is 0 Å². The highest BCUT2D eigenvalue weighted by atomic mass is 19.4. The summed E-state index contributed by atoms with van der Waals surface area (Å²) in [5, 5.41) is 13.9. The summed E-state index contributed by atoms with van der Waals surface area (Å²) < 4.78 is 39.2. The fourth-order valence-corrected chi connectivity index (χ4v) is 2.41. The third kappa shape index (κ3) is 6.05. The lowest BCUT2D eigenvalue weighted by atomic mass is 9.98. The molecule has 6 nitrogen and oxygen atoms in total. The van der Waals surface area contributed by atoms with Gasteiger partial charge in [-0.15, -0.1) is 0 Å². The first kappa shape index (κ1) is 21.5. The molecular formula is C17H21F3N2O4. The molecule has 0 saturated carbocycles. The van der Waals surface area contributed by atoms with E-state index in [-0.39, 0.29) is 11.5 Å². The average molecular weight is 374 g/mol. The van der Waals surface area contributed by atoms with Crippen LogP contribution in [-0.4, -0.2) is 35.0 Å². The van der Waals surface area contributed by atoms with Crippen LogP contribution in [0.4, 0.5) is 13.2 Å². The van der Waals surface area contributed by atoms with E-state index in [0.717, 1.165) is 6.07 Å². The van der Waals surface area contributed by atoms with Crippen molar-refractivity contribution in [2.45, 2.75) is 45.5 Å². The van der Waals surface area contributed by atoms with Gasteiger partial charge < -0.3 is 15.7 Å². The predicted octanol–water partition coefficient (Wildman–Crippen LogP) is 1.98. The molecule has 2 amide bonds. The van der Waals surface area contributed by atoms with E-state index in [1.54, 1.807) is 13.8 Å². The molecule has 144 valence electrons. The molecule has 0 spiro atoms. The third-order valence-electron chi connectivity index (χ3n) is 3.67. The van der Waals surface area contributed by atoms with Crippen LogP contribution in [0.2, 0.25) is 0 Å². The molecule has 0 aliphatic rings. The Morgan fingerprint density at radius 2 is 1.69 bits per heavy atom. The lowest BCUT2D eigenvalue weighted by Gasteiger charge is -2.24. The number of carbonyl (C=O) groups excluding carboxylic acids is 2. The van der Waals surface area contributed by atoms with Crippen LogP contribution in [0, 0.1) is 5.92 Å². The van der Waals surface area contributed by atoms with Crippen LogP contribution in [0.25, 0.3) is 0 Å². The predicted molar refractivity (Wildman–Crippen MR) is 87.2 cm³/mol.